The van der Waals surface area contributed by atoms with Gasteiger partial charge in [0.05, 0.1) is 11.3 Å². The molecular weight excluding hydrogens is 463 g/mol. The van der Waals surface area contributed by atoms with Crippen LogP contribution >= 0.6 is 0 Å². The number of benzene rings is 3. The van der Waals surface area contributed by atoms with Crippen LogP contribution in [0.3, 0.4) is 0 Å². The van der Waals surface area contributed by atoms with Crippen molar-refractivity contribution in [2.24, 2.45) is 0 Å². The summed E-state index contributed by atoms with van der Waals surface area (Å²) < 4.78 is 49.0. The minimum atomic E-state index is -0.963. The van der Waals surface area contributed by atoms with Crippen LogP contribution in [0.2, 0.25) is 0 Å². The van der Waals surface area contributed by atoms with Gasteiger partial charge in [0.15, 0.2) is 17.5 Å². The maximum Gasteiger partial charge on any atom is 0.169 e. The number of ether oxygens (including phenoxy) is 1. The van der Waals surface area contributed by atoms with Crippen LogP contribution in [-0.2, 0) is 6.54 Å². The Hall–Kier alpha value is -4.39. The van der Waals surface area contributed by atoms with Gasteiger partial charge in [0.1, 0.15) is 23.9 Å². The first-order valence-electron chi connectivity index (χ1n) is 10.9. The Labute approximate surface area is 207 Å². The number of pyridine rings is 1. The maximum absolute atomic E-state index is 14.2. The highest BCUT2D eigenvalue weighted by molar-refractivity contribution is 5.71. The Balaban J connectivity index is 0.00000304. The number of rotatable bonds is 7. The van der Waals surface area contributed by atoms with Crippen LogP contribution in [-0.4, -0.2) is 21.1 Å². The van der Waals surface area contributed by atoms with Gasteiger partial charge in [-0.1, -0.05) is 50.4 Å². The number of nitrogens with zero attached hydrogens (tertiary/aromatic N) is 3. The van der Waals surface area contributed by atoms with Crippen molar-refractivity contribution in [3.05, 3.63) is 115 Å². The Kier molecular flexibility index (Phi) is 7.20. The van der Waals surface area contributed by atoms with Crippen LogP contribution in [0.5, 0.6) is 5.75 Å². The predicted molar refractivity (Wildman–Crippen MR) is 135 cm³/mol. The molecule has 5 rings (SSSR count). The fourth-order valence-electron chi connectivity index (χ4n) is 3.85. The van der Waals surface area contributed by atoms with Crippen molar-refractivity contribution in [2.45, 2.75) is 14.0 Å². The van der Waals surface area contributed by atoms with E-state index in [-0.39, 0.29) is 31.2 Å². The van der Waals surface area contributed by atoms with Crippen LogP contribution in [0.4, 0.5) is 13.2 Å². The molecule has 0 spiro atoms. The average Bonchev–Trinajstić information content (AvgIpc) is 3.28. The topological polar surface area (TPSA) is 39.9 Å². The van der Waals surface area contributed by atoms with Crippen LogP contribution < -0.4 is 4.74 Å². The number of imidazole rings is 1. The fraction of sp³-hybridized carbons (Fsp3) is 0.103. The zero-order chi connectivity index (χ0) is 24.4. The lowest BCUT2D eigenvalue weighted by molar-refractivity contribution is 0.362. The van der Waals surface area contributed by atoms with Gasteiger partial charge in [-0.2, -0.15) is 0 Å². The number of halogens is 3. The van der Waals surface area contributed by atoms with Gasteiger partial charge in [0.2, 0.25) is 0 Å². The third kappa shape index (κ3) is 5.00. The lowest BCUT2D eigenvalue weighted by atomic mass is 10.0. The van der Waals surface area contributed by atoms with E-state index in [9.17, 15) is 13.2 Å². The standard InChI is InChI=1S/C28H20F3N3O.CH4/c1-2-14-35-26-15-20(29)10-11-21(26)19-8-6-18(7-9-19)16-34-13-12-24-25(17-34)33-28(32-24)22-4-3-5-23(30)27(22)31;/h2-13,15,17H,1,14,16H2;1H4. The summed E-state index contributed by atoms with van der Waals surface area (Å²) in [6.45, 7) is 4.48. The van der Waals surface area contributed by atoms with Crippen molar-refractivity contribution >= 4 is 0 Å². The molecule has 4 nitrogen and oxygen atoms in total. The molecule has 3 aromatic carbocycles. The zero-order valence-corrected chi connectivity index (χ0v) is 18.6. The van der Waals surface area contributed by atoms with Gasteiger partial charge >= 0.3 is 0 Å². The van der Waals surface area contributed by atoms with Crippen molar-refractivity contribution in [2.75, 3.05) is 6.61 Å². The summed E-state index contributed by atoms with van der Waals surface area (Å²) in [6, 6.07) is 18.1. The van der Waals surface area contributed by atoms with Gasteiger partial charge in [-0.05, 0) is 41.5 Å². The van der Waals surface area contributed by atoms with E-state index < -0.39 is 11.6 Å². The molecule has 36 heavy (non-hydrogen) atoms. The molecule has 3 aromatic rings. The Morgan fingerprint density at radius 1 is 0.889 bits per heavy atom. The minimum Gasteiger partial charge on any atom is -0.489 e. The molecule has 0 bridgehead atoms. The molecule has 0 saturated heterocycles. The van der Waals surface area contributed by atoms with Crippen LogP contribution in [0.15, 0.2) is 91.8 Å². The fourth-order valence-corrected chi connectivity index (χ4v) is 3.85. The Morgan fingerprint density at radius 3 is 2.44 bits per heavy atom. The third-order valence-corrected chi connectivity index (χ3v) is 5.55. The molecule has 7 heteroatoms. The highest BCUT2D eigenvalue weighted by Gasteiger charge is 2.17. The van der Waals surface area contributed by atoms with E-state index >= 15 is 0 Å². The number of aromatic nitrogens is 3. The first-order valence-corrected chi connectivity index (χ1v) is 10.9. The molecule has 2 aliphatic rings. The van der Waals surface area contributed by atoms with Crippen LogP contribution in [0, 0.1) is 17.5 Å². The summed E-state index contributed by atoms with van der Waals surface area (Å²) in [5.41, 5.74) is 3.93. The number of hydrogen-bond donors (Lipinski definition) is 0. The number of hydrogen-bond acceptors (Lipinski definition) is 3. The van der Waals surface area contributed by atoms with E-state index in [0.717, 1.165) is 22.8 Å². The summed E-state index contributed by atoms with van der Waals surface area (Å²) in [5.74, 6) is -1.66. The van der Waals surface area contributed by atoms with E-state index in [0.29, 0.717) is 23.7 Å². The molecule has 2 heterocycles. The second kappa shape index (κ2) is 10.5. The first-order chi connectivity index (χ1) is 17.0. The van der Waals surface area contributed by atoms with Gasteiger partial charge in [0, 0.05) is 30.6 Å². The SMILES string of the molecule is C.C=CCOc1cc(F)ccc1-c1ccc(Cn2ccc3nc(-c4cccc(F)c4F)nc-3c2)cc1. The number of fused-ring (bicyclic) bond motifs is 1. The smallest absolute Gasteiger partial charge is 0.169 e. The van der Waals surface area contributed by atoms with Crippen molar-refractivity contribution < 1.29 is 17.9 Å². The molecule has 2 aliphatic heterocycles. The van der Waals surface area contributed by atoms with Gasteiger partial charge < -0.3 is 9.30 Å². The van der Waals surface area contributed by atoms with E-state index in [4.69, 9.17) is 4.74 Å². The van der Waals surface area contributed by atoms with Crippen molar-refractivity contribution in [3.63, 3.8) is 0 Å². The monoisotopic (exact) mass is 487 g/mol. The molecule has 0 radical (unpaired) electrons. The average molecular weight is 488 g/mol. The molecular formula is C29H24F3N3O. The summed E-state index contributed by atoms with van der Waals surface area (Å²) in [7, 11) is 0. The highest BCUT2D eigenvalue weighted by atomic mass is 19.2. The van der Waals surface area contributed by atoms with Crippen LogP contribution in [0.1, 0.15) is 13.0 Å². The Bertz CT molecular complexity index is 1480. The normalized spacial score (nSPS) is 10.8. The van der Waals surface area contributed by atoms with Gasteiger partial charge in [0.25, 0.3) is 0 Å². The van der Waals surface area contributed by atoms with Gasteiger partial charge in [-0.25, -0.2) is 23.1 Å². The van der Waals surface area contributed by atoms with E-state index in [1.807, 2.05) is 41.2 Å². The molecule has 0 aliphatic carbocycles. The van der Waals surface area contributed by atoms with E-state index in [2.05, 4.69) is 16.5 Å². The molecule has 0 saturated carbocycles. The quantitative estimate of drug-likeness (QED) is 0.225. The maximum atomic E-state index is 14.2. The molecule has 0 N–H and O–H groups in total. The molecule has 0 unspecified atom stereocenters. The third-order valence-electron chi connectivity index (χ3n) is 5.55. The van der Waals surface area contributed by atoms with Crippen molar-refractivity contribution in [3.8, 4) is 39.7 Å². The predicted octanol–water partition coefficient (Wildman–Crippen LogP) is 7.38. The molecule has 0 aromatic heterocycles. The van der Waals surface area contributed by atoms with Gasteiger partial charge in [-0.15, -0.1) is 0 Å². The summed E-state index contributed by atoms with van der Waals surface area (Å²) >= 11 is 0. The largest absolute Gasteiger partial charge is 0.489 e. The van der Waals surface area contributed by atoms with Gasteiger partial charge in [-0.3, -0.25) is 0 Å². The molecule has 0 amide bonds. The molecule has 0 atom stereocenters. The second-order valence-electron chi connectivity index (χ2n) is 7.97. The summed E-state index contributed by atoms with van der Waals surface area (Å²) in [5, 5.41) is 0. The molecule has 182 valence electrons. The zero-order valence-electron chi connectivity index (χ0n) is 18.6. The summed E-state index contributed by atoms with van der Waals surface area (Å²) in [6.07, 6.45) is 5.29. The first kappa shape index (κ1) is 24.7. The lowest BCUT2D eigenvalue weighted by Crippen LogP contribution is -2.01. The lowest BCUT2D eigenvalue weighted by Gasteiger charge is -2.12. The van der Waals surface area contributed by atoms with E-state index in [1.165, 1.54) is 24.3 Å². The van der Waals surface area contributed by atoms with Crippen LogP contribution in [0.25, 0.3) is 33.9 Å². The van der Waals surface area contributed by atoms with E-state index in [1.54, 1.807) is 18.2 Å². The minimum absolute atomic E-state index is 0. The highest BCUT2D eigenvalue weighted by Crippen LogP contribution is 2.31. The van der Waals surface area contributed by atoms with Crippen molar-refractivity contribution in [1.29, 1.82) is 0 Å². The summed E-state index contributed by atoms with van der Waals surface area (Å²) in [4.78, 5) is 8.73. The van der Waals surface area contributed by atoms with Crippen molar-refractivity contribution in [1.82, 2.24) is 14.5 Å². The molecule has 0 fully saturated rings. The second-order valence-corrected chi connectivity index (χ2v) is 7.97. The Morgan fingerprint density at radius 2 is 1.67 bits per heavy atom.